The highest BCUT2D eigenvalue weighted by atomic mass is 32.2. The van der Waals surface area contributed by atoms with Gasteiger partial charge in [-0.2, -0.15) is 5.10 Å². The standard InChI is InChI=1S/C22H25N7O2S/c1-2-32-22-26-19(28-9-11-31-12-10-28)16-14-24-29(20(16)27-22)8-7-23-21(30)18-13-15-5-3-4-6-17(15)25-18/h3-6,13-14,25H,2,7-12H2,1H3,(H,23,30). The number of anilines is 1. The number of morpholine rings is 1. The summed E-state index contributed by atoms with van der Waals surface area (Å²) in [5.74, 6) is 1.66. The van der Waals surface area contributed by atoms with Crippen molar-refractivity contribution in [1.82, 2.24) is 30.0 Å². The first kappa shape index (κ1) is 20.8. The van der Waals surface area contributed by atoms with Crippen LogP contribution in [0.3, 0.4) is 0 Å². The number of carbonyl (C=O) groups is 1. The van der Waals surface area contributed by atoms with Crippen LogP contribution >= 0.6 is 11.8 Å². The van der Waals surface area contributed by atoms with Gasteiger partial charge < -0.3 is 19.9 Å². The first-order valence-electron chi connectivity index (χ1n) is 10.8. The molecule has 1 aliphatic rings. The molecule has 1 aromatic carbocycles. The van der Waals surface area contributed by atoms with Crippen molar-refractivity contribution in [2.24, 2.45) is 0 Å². The maximum absolute atomic E-state index is 12.6. The smallest absolute Gasteiger partial charge is 0.267 e. The van der Waals surface area contributed by atoms with Crippen LogP contribution in [0.25, 0.3) is 21.9 Å². The molecule has 0 unspecified atom stereocenters. The minimum absolute atomic E-state index is 0.136. The number of carbonyl (C=O) groups excluding carboxylic acids is 1. The quantitative estimate of drug-likeness (QED) is 0.329. The largest absolute Gasteiger partial charge is 0.378 e. The zero-order chi connectivity index (χ0) is 21.9. The zero-order valence-electron chi connectivity index (χ0n) is 17.9. The maximum Gasteiger partial charge on any atom is 0.267 e. The lowest BCUT2D eigenvalue weighted by Crippen LogP contribution is -2.37. The average Bonchev–Trinajstić information content (AvgIpc) is 3.44. The molecule has 3 aromatic heterocycles. The Morgan fingerprint density at radius 2 is 2.09 bits per heavy atom. The third kappa shape index (κ3) is 4.15. The second-order valence-corrected chi connectivity index (χ2v) is 8.72. The molecule has 32 heavy (non-hydrogen) atoms. The van der Waals surface area contributed by atoms with Gasteiger partial charge in [0, 0.05) is 30.5 Å². The number of ether oxygens (including phenoxy) is 1. The molecule has 2 N–H and O–H groups in total. The zero-order valence-corrected chi connectivity index (χ0v) is 18.7. The predicted molar refractivity (Wildman–Crippen MR) is 125 cm³/mol. The second kappa shape index (κ2) is 9.17. The fraction of sp³-hybridized carbons (Fsp3) is 0.364. The number of hydrogen-bond donors (Lipinski definition) is 2. The van der Waals surface area contributed by atoms with Crippen molar-refractivity contribution in [2.75, 3.05) is 43.5 Å². The Balaban J connectivity index is 1.33. The van der Waals surface area contributed by atoms with E-state index in [1.54, 1.807) is 11.8 Å². The van der Waals surface area contributed by atoms with E-state index in [1.165, 1.54) is 0 Å². The van der Waals surface area contributed by atoms with Crippen molar-refractivity contribution in [2.45, 2.75) is 18.6 Å². The number of benzene rings is 1. The first-order valence-corrected chi connectivity index (χ1v) is 11.8. The molecule has 1 amide bonds. The molecule has 4 heterocycles. The summed E-state index contributed by atoms with van der Waals surface area (Å²) < 4.78 is 7.33. The van der Waals surface area contributed by atoms with E-state index in [-0.39, 0.29) is 5.91 Å². The number of rotatable bonds is 7. The van der Waals surface area contributed by atoms with Crippen LogP contribution in [0.15, 0.2) is 41.7 Å². The van der Waals surface area contributed by atoms with Crippen LogP contribution in [0.4, 0.5) is 5.82 Å². The monoisotopic (exact) mass is 451 g/mol. The molecular weight excluding hydrogens is 426 g/mol. The number of aromatic nitrogens is 5. The van der Waals surface area contributed by atoms with Crippen LogP contribution in [0.2, 0.25) is 0 Å². The minimum atomic E-state index is -0.136. The summed E-state index contributed by atoms with van der Waals surface area (Å²) in [5.41, 5.74) is 2.29. The van der Waals surface area contributed by atoms with Gasteiger partial charge in [0.25, 0.3) is 5.91 Å². The topological polar surface area (TPSA) is 101 Å². The van der Waals surface area contributed by atoms with Crippen LogP contribution in [0.5, 0.6) is 0 Å². The van der Waals surface area contributed by atoms with Gasteiger partial charge in [-0.25, -0.2) is 14.6 Å². The summed E-state index contributed by atoms with van der Waals surface area (Å²) in [7, 11) is 0. The molecule has 1 saturated heterocycles. The van der Waals surface area contributed by atoms with Crippen LogP contribution < -0.4 is 10.2 Å². The summed E-state index contributed by atoms with van der Waals surface area (Å²) in [6.07, 6.45) is 1.82. The van der Waals surface area contributed by atoms with Gasteiger partial charge in [0.05, 0.1) is 31.3 Å². The Bertz CT molecular complexity index is 1210. The number of aromatic amines is 1. The molecule has 0 bridgehead atoms. The molecule has 0 radical (unpaired) electrons. The lowest BCUT2D eigenvalue weighted by molar-refractivity contribution is 0.0948. The number of para-hydroxylation sites is 1. The van der Waals surface area contributed by atoms with Gasteiger partial charge in [-0.1, -0.05) is 36.9 Å². The van der Waals surface area contributed by atoms with Crippen molar-refractivity contribution >= 4 is 45.4 Å². The molecule has 1 aliphatic heterocycles. The predicted octanol–water partition coefficient (Wildman–Crippen LogP) is 2.69. The third-order valence-corrected chi connectivity index (χ3v) is 6.15. The van der Waals surface area contributed by atoms with Gasteiger partial charge >= 0.3 is 0 Å². The second-order valence-electron chi connectivity index (χ2n) is 7.49. The summed E-state index contributed by atoms with van der Waals surface area (Å²) in [6, 6.07) is 9.71. The van der Waals surface area contributed by atoms with E-state index < -0.39 is 0 Å². The van der Waals surface area contributed by atoms with Crippen LogP contribution in [0.1, 0.15) is 17.4 Å². The third-order valence-electron chi connectivity index (χ3n) is 5.42. The van der Waals surface area contributed by atoms with E-state index in [0.717, 1.165) is 51.8 Å². The minimum Gasteiger partial charge on any atom is -0.378 e. The van der Waals surface area contributed by atoms with Crippen LogP contribution in [0, 0.1) is 0 Å². The molecule has 0 atom stereocenters. The van der Waals surface area contributed by atoms with Gasteiger partial charge in [-0.15, -0.1) is 0 Å². The Morgan fingerprint density at radius 3 is 2.91 bits per heavy atom. The first-order chi connectivity index (χ1) is 15.7. The van der Waals surface area contributed by atoms with Crippen molar-refractivity contribution in [3.63, 3.8) is 0 Å². The number of amides is 1. The summed E-state index contributed by atoms with van der Waals surface area (Å²) in [4.78, 5) is 27.5. The SMILES string of the molecule is CCSc1nc(N2CCOCC2)c2cnn(CCNC(=O)c3cc4ccccc4[nH]3)c2n1. The fourth-order valence-corrected chi connectivity index (χ4v) is 4.42. The molecule has 0 aliphatic carbocycles. The van der Waals surface area contributed by atoms with E-state index in [9.17, 15) is 4.79 Å². The molecule has 5 rings (SSSR count). The number of thioether (sulfide) groups is 1. The molecular formula is C22H25N7O2S. The van der Waals surface area contributed by atoms with Crippen molar-refractivity contribution in [1.29, 1.82) is 0 Å². The Morgan fingerprint density at radius 1 is 1.25 bits per heavy atom. The molecule has 0 saturated carbocycles. The fourth-order valence-electron chi connectivity index (χ4n) is 3.86. The van der Waals surface area contributed by atoms with Gasteiger partial charge in [-0.05, 0) is 17.9 Å². The molecule has 4 aromatic rings. The summed E-state index contributed by atoms with van der Waals surface area (Å²) >= 11 is 1.61. The average molecular weight is 452 g/mol. The summed E-state index contributed by atoms with van der Waals surface area (Å²) in [6.45, 7) is 6.03. The number of H-pyrrole nitrogens is 1. The molecule has 166 valence electrons. The van der Waals surface area contributed by atoms with E-state index in [2.05, 4.69) is 27.2 Å². The lowest BCUT2D eigenvalue weighted by Gasteiger charge is -2.28. The molecule has 0 spiro atoms. The highest BCUT2D eigenvalue weighted by molar-refractivity contribution is 7.99. The Kier molecular flexibility index (Phi) is 5.95. The van der Waals surface area contributed by atoms with Crippen molar-refractivity contribution in [3.05, 3.63) is 42.2 Å². The van der Waals surface area contributed by atoms with E-state index in [4.69, 9.17) is 14.7 Å². The normalized spacial score (nSPS) is 14.3. The number of fused-ring (bicyclic) bond motifs is 2. The Hall–Kier alpha value is -3.11. The van der Waals surface area contributed by atoms with E-state index >= 15 is 0 Å². The summed E-state index contributed by atoms with van der Waals surface area (Å²) in [5, 5.41) is 10.2. The van der Waals surface area contributed by atoms with Crippen LogP contribution in [-0.2, 0) is 11.3 Å². The van der Waals surface area contributed by atoms with Gasteiger partial charge in [0.1, 0.15) is 11.5 Å². The Labute approximate surface area is 189 Å². The number of nitrogens with zero attached hydrogens (tertiary/aromatic N) is 5. The highest BCUT2D eigenvalue weighted by Gasteiger charge is 2.20. The molecule has 9 nitrogen and oxygen atoms in total. The lowest BCUT2D eigenvalue weighted by atomic mass is 10.2. The van der Waals surface area contributed by atoms with Crippen molar-refractivity contribution < 1.29 is 9.53 Å². The number of nitrogens with one attached hydrogen (secondary N) is 2. The maximum atomic E-state index is 12.6. The van der Waals surface area contributed by atoms with E-state index in [0.29, 0.717) is 32.0 Å². The van der Waals surface area contributed by atoms with E-state index in [1.807, 2.05) is 41.2 Å². The van der Waals surface area contributed by atoms with Crippen LogP contribution in [-0.4, -0.2) is 69.2 Å². The molecule has 1 fully saturated rings. The van der Waals surface area contributed by atoms with Gasteiger partial charge in [-0.3, -0.25) is 4.79 Å². The molecule has 10 heteroatoms. The van der Waals surface area contributed by atoms with Gasteiger partial charge in [0.2, 0.25) is 0 Å². The number of hydrogen-bond acceptors (Lipinski definition) is 7. The highest BCUT2D eigenvalue weighted by Crippen LogP contribution is 2.27. The van der Waals surface area contributed by atoms with Gasteiger partial charge in [0.15, 0.2) is 10.8 Å². The van der Waals surface area contributed by atoms with Crippen molar-refractivity contribution in [3.8, 4) is 0 Å².